The largest absolute Gasteiger partial charge is 0.261 e. The molecule has 0 saturated heterocycles. The fourth-order valence-corrected chi connectivity index (χ4v) is 0.941. The SMILES string of the molecule is CC.CC.CCc1ccnc(CC)c1. The molecular weight excluding hydrogens is 170 g/mol. The van der Waals surface area contributed by atoms with E-state index in [2.05, 4.69) is 31.0 Å². The molecule has 0 fully saturated rings. The highest BCUT2D eigenvalue weighted by Crippen LogP contribution is 2.02. The van der Waals surface area contributed by atoms with Gasteiger partial charge in [-0.05, 0) is 30.5 Å². The minimum Gasteiger partial charge on any atom is -0.261 e. The molecular formula is C13H25N. The van der Waals surface area contributed by atoms with Gasteiger partial charge in [0.1, 0.15) is 0 Å². The third-order valence-corrected chi connectivity index (χ3v) is 1.65. The van der Waals surface area contributed by atoms with Gasteiger partial charge in [-0.25, -0.2) is 0 Å². The van der Waals surface area contributed by atoms with Gasteiger partial charge in [-0.3, -0.25) is 4.98 Å². The predicted octanol–water partition coefficient (Wildman–Crippen LogP) is 4.26. The summed E-state index contributed by atoms with van der Waals surface area (Å²) in [7, 11) is 0. The van der Waals surface area contributed by atoms with Crippen molar-refractivity contribution in [3.63, 3.8) is 0 Å². The summed E-state index contributed by atoms with van der Waals surface area (Å²) in [6, 6.07) is 4.24. The molecule has 1 heterocycles. The Morgan fingerprint density at radius 2 is 1.57 bits per heavy atom. The lowest BCUT2D eigenvalue weighted by molar-refractivity contribution is 1.01. The monoisotopic (exact) mass is 195 g/mol. The Labute approximate surface area is 89.6 Å². The molecule has 1 aromatic heterocycles. The van der Waals surface area contributed by atoms with E-state index in [9.17, 15) is 0 Å². The third kappa shape index (κ3) is 6.64. The summed E-state index contributed by atoms with van der Waals surface area (Å²) in [4.78, 5) is 4.21. The van der Waals surface area contributed by atoms with Gasteiger partial charge >= 0.3 is 0 Å². The molecule has 0 N–H and O–H groups in total. The first-order chi connectivity index (χ1) is 6.86. The fourth-order valence-electron chi connectivity index (χ4n) is 0.941. The Hall–Kier alpha value is -0.850. The maximum atomic E-state index is 4.21. The highest BCUT2D eigenvalue weighted by atomic mass is 14.7. The van der Waals surface area contributed by atoms with Crippen LogP contribution in [-0.2, 0) is 12.8 Å². The predicted molar refractivity (Wildman–Crippen MR) is 65.7 cm³/mol. The van der Waals surface area contributed by atoms with Crippen LogP contribution in [0.3, 0.4) is 0 Å². The zero-order valence-electron chi connectivity index (χ0n) is 10.6. The van der Waals surface area contributed by atoms with Crippen LogP contribution < -0.4 is 0 Å². The van der Waals surface area contributed by atoms with Crippen LogP contribution in [0.15, 0.2) is 18.3 Å². The Morgan fingerprint density at radius 1 is 1.00 bits per heavy atom. The van der Waals surface area contributed by atoms with Crippen molar-refractivity contribution >= 4 is 0 Å². The summed E-state index contributed by atoms with van der Waals surface area (Å²) in [5.41, 5.74) is 2.58. The lowest BCUT2D eigenvalue weighted by Gasteiger charge is -1.97. The van der Waals surface area contributed by atoms with Gasteiger partial charge < -0.3 is 0 Å². The van der Waals surface area contributed by atoms with E-state index < -0.39 is 0 Å². The van der Waals surface area contributed by atoms with Gasteiger partial charge in [-0.1, -0.05) is 41.5 Å². The average molecular weight is 195 g/mol. The molecule has 82 valence electrons. The van der Waals surface area contributed by atoms with Crippen molar-refractivity contribution < 1.29 is 0 Å². The Morgan fingerprint density at radius 3 is 2.00 bits per heavy atom. The number of aromatic nitrogens is 1. The van der Waals surface area contributed by atoms with Gasteiger partial charge in [0.25, 0.3) is 0 Å². The van der Waals surface area contributed by atoms with Crippen molar-refractivity contribution in [3.8, 4) is 0 Å². The molecule has 1 nitrogen and oxygen atoms in total. The highest BCUT2D eigenvalue weighted by molar-refractivity contribution is 5.15. The summed E-state index contributed by atoms with van der Waals surface area (Å²) in [5.74, 6) is 0. The summed E-state index contributed by atoms with van der Waals surface area (Å²) in [6.45, 7) is 12.3. The molecule has 1 rings (SSSR count). The van der Waals surface area contributed by atoms with Crippen LogP contribution in [0.2, 0.25) is 0 Å². The Kier molecular flexibility index (Phi) is 13.6. The second kappa shape index (κ2) is 12.2. The molecule has 0 amide bonds. The fraction of sp³-hybridized carbons (Fsp3) is 0.615. The summed E-state index contributed by atoms with van der Waals surface area (Å²) in [5, 5.41) is 0. The minimum atomic E-state index is 1.04. The smallest absolute Gasteiger partial charge is 0.0403 e. The molecule has 1 heteroatoms. The maximum absolute atomic E-state index is 4.21. The van der Waals surface area contributed by atoms with Gasteiger partial charge in [0.05, 0.1) is 0 Å². The van der Waals surface area contributed by atoms with Gasteiger partial charge in [-0.2, -0.15) is 0 Å². The Bertz CT molecular complexity index is 187. The summed E-state index contributed by atoms with van der Waals surface area (Å²) in [6.07, 6.45) is 4.03. The topological polar surface area (TPSA) is 12.9 Å². The number of aryl methyl sites for hydroxylation is 2. The van der Waals surface area contributed by atoms with E-state index in [4.69, 9.17) is 0 Å². The third-order valence-electron chi connectivity index (χ3n) is 1.65. The number of pyridine rings is 1. The lowest BCUT2D eigenvalue weighted by atomic mass is 10.1. The lowest BCUT2D eigenvalue weighted by Crippen LogP contribution is -1.88. The summed E-state index contributed by atoms with van der Waals surface area (Å²) >= 11 is 0. The molecule has 0 saturated carbocycles. The van der Waals surface area contributed by atoms with Crippen LogP contribution in [0.5, 0.6) is 0 Å². The van der Waals surface area contributed by atoms with E-state index in [1.807, 2.05) is 33.9 Å². The molecule has 14 heavy (non-hydrogen) atoms. The van der Waals surface area contributed by atoms with Gasteiger partial charge in [-0.15, -0.1) is 0 Å². The van der Waals surface area contributed by atoms with Crippen molar-refractivity contribution in [1.82, 2.24) is 4.98 Å². The van der Waals surface area contributed by atoms with Crippen LogP contribution in [0, 0.1) is 0 Å². The van der Waals surface area contributed by atoms with E-state index in [0.717, 1.165) is 12.8 Å². The second-order valence-corrected chi connectivity index (χ2v) is 2.36. The number of rotatable bonds is 2. The first-order valence-electron chi connectivity index (χ1n) is 5.80. The van der Waals surface area contributed by atoms with Crippen LogP contribution in [0.4, 0.5) is 0 Å². The van der Waals surface area contributed by atoms with Crippen molar-refractivity contribution in [1.29, 1.82) is 0 Å². The van der Waals surface area contributed by atoms with E-state index in [-0.39, 0.29) is 0 Å². The van der Waals surface area contributed by atoms with E-state index in [0.29, 0.717) is 0 Å². The van der Waals surface area contributed by atoms with E-state index in [1.54, 1.807) is 0 Å². The van der Waals surface area contributed by atoms with Crippen LogP contribution in [0.25, 0.3) is 0 Å². The Balaban J connectivity index is 0. The first kappa shape index (κ1) is 15.6. The first-order valence-corrected chi connectivity index (χ1v) is 5.80. The molecule has 0 bridgehead atoms. The van der Waals surface area contributed by atoms with Crippen molar-refractivity contribution in [2.24, 2.45) is 0 Å². The number of nitrogens with zero attached hydrogens (tertiary/aromatic N) is 1. The van der Waals surface area contributed by atoms with Crippen LogP contribution in [-0.4, -0.2) is 4.98 Å². The molecule has 0 aromatic carbocycles. The number of hydrogen-bond donors (Lipinski definition) is 0. The molecule has 1 aromatic rings. The highest BCUT2D eigenvalue weighted by Gasteiger charge is 1.90. The molecule has 0 spiro atoms. The normalized spacial score (nSPS) is 7.86. The number of hydrogen-bond acceptors (Lipinski definition) is 1. The standard InChI is InChI=1S/C9H13N.2C2H6/c1-3-8-5-6-10-9(4-2)7-8;2*1-2/h5-7H,3-4H2,1-2H3;2*1-2H3. The minimum absolute atomic E-state index is 1.04. The van der Waals surface area contributed by atoms with Crippen molar-refractivity contribution in [3.05, 3.63) is 29.6 Å². The molecule has 0 radical (unpaired) electrons. The van der Waals surface area contributed by atoms with Gasteiger partial charge in [0.15, 0.2) is 0 Å². The average Bonchev–Trinajstić information content (AvgIpc) is 2.34. The zero-order valence-corrected chi connectivity index (χ0v) is 10.6. The van der Waals surface area contributed by atoms with Crippen molar-refractivity contribution in [2.45, 2.75) is 54.4 Å². The van der Waals surface area contributed by atoms with Crippen LogP contribution in [0.1, 0.15) is 52.8 Å². The van der Waals surface area contributed by atoms with Crippen LogP contribution >= 0.6 is 0 Å². The summed E-state index contributed by atoms with van der Waals surface area (Å²) < 4.78 is 0. The maximum Gasteiger partial charge on any atom is 0.0403 e. The van der Waals surface area contributed by atoms with E-state index >= 15 is 0 Å². The van der Waals surface area contributed by atoms with E-state index in [1.165, 1.54) is 11.3 Å². The molecule has 0 aliphatic heterocycles. The molecule has 0 aliphatic rings. The molecule has 0 atom stereocenters. The quantitative estimate of drug-likeness (QED) is 0.687. The van der Waals surface area contributed by atoms with Gasteiger partial charge in [0.2, 0.25) is 0 Å². The van der Waals surface area contributed by atoms with Crippen molar-refractivity contribution in [2.75, 3.05) is 0 Å². The molecule has 0 aliphatic carbocycles. The van der Waals surface area contributed by atoms with Gasteiger partial charge in [0, 0.05) is 11.9 Å². The zero-order chi connectivity index (χ0) is 11.4. The molecule has 0 unspecified atom stereocenters. The second-order valence-electron chi connectivity index (χ2n) is 2.36.